The third-order valence-electron chi connectivity index (χ3n) is 2.18. The maximum atomic E-state index is 12.9. The molecule has 0 amide bonds. The van der Waals surface area contributed by atoms with Crippen molar-refractivity contribution >= 4 is 9.84 Å². The number of hydrogen-bond donors (Lipinski definition) is 0. The van der Waals surface area contributed by atoms with Crippen LogP contribution in [-0.2, 0) is 9.84 Å². The Kier molecular flexibility index (Phi) is 4.15. The van der Waals surface area contributed by atoms with Crippen LogP contribution in [0, 0.1) is 0 Å². The Morgan fingerprint density at radius 1 is 1.00 bits per heavy atom. The van der Waals surface area contributed by atoms with Crippen molar-refractivity contribution in [3.05, 3.63) is 0 Å². The molecule has 17 heavy (non-hydrogen) atoms. The SMILES string of the molecule is CCC(C)S(=O)(=O)C(F)(F)C(F)(F)C(F)(F)F. The van der Waals surface area contributed by atoms with Gasteiger partial charge in [0, 0.05) is 0 Å². The summed E-state index contributed by atoms with van der Waals surface area (Å²) in [7, 11) is -5.93. The number of halogens is 7. The first-order valence-corrected chi connectivity index (χ1v) is 5.84. The number of sulfone groups is 1. The van der Waals surface area contributed by atoms with Crippen LogP contribution in [0.5, 0.6) is 0 Å². The van der Waals surface area contributed by atoms with E-state index >= 15 is 0 Å². The van der Waals surface area contributed by atoms with E-state index in [0.717, 1.165) is 6.92 Å². The normalized spacial score (nSPS) is 17.0. The summed E-state index contributed by atoms with van der Waals surface area (Å²) < 4.78 is 108. The summed E-state index contributed by atoms with van der Waals surface area (Å²) in [5.74, 6) is -6.62. The smallest absolute Gasteiger partial charge is 0.222 e. The van der Waals surface area contributed by atoms with E-state index in [9.17, 15) is 39.2 Å². The molecular formula is C7H9F7O2S. The van der Waals surface area contributed by atoms with Crippen LogP contribution in [0.1, 0.15) is 20.3 Å². The van der Waals surface area contributed by atoms with Crippen LogP contribution in [0.3, 0.4) is 0 Å². The zero-order valence-corrected chi connectivity index (χ0v) is 9.47. The van der Waals surface area contributed by atoms with Crippen LogP contribution < -0.4 is 0 Å². The van der Waals surface area contributed by atoms with Crippen molar-refractivity contribution in [2.45, 2.75) is 42.9 Å². The molecule has 10 heteroatoms. The molecule has 0 aliphatic rings. The summed E-state index contributed by atoms with van der Waals surface area (Å²) in [5.41, 5.74) is 0. The lowest BCUT2D eigenvalue weighted by Gasteiger charge is -2.29. The second-order valence-electron chi connectivity index (χ2n) is 3.35. The molecule has 0 aromatic heterocycles. The molecule has 0 fully saturated rings. The van der Waals surface area contributed by atoms with E-state index in [-0.39, 0.29) is 0 Å². The minimum absolute atomic E-state index is 0.508. The summed E-state index contributed by atoms with van der Waals surface area (Å²) in [5, 5.41) is -8.20. The van der Waals surface area contributed by atoms with E-state index < -0.39 is 38.9 Å². The van der Waals surface area contributed by atoms with Crippen LogP contribution >= 0.6 is 0 Å². The molecule has 0 heterocycles. The molecular weight excluding hydrogens is 281 g/mol. The lowest BCUT2D eigenvalue weighted by Crippen LogP contribution is -2.57. The second-order valence-corrected chi connectivity index (χ2v) is 5.76. The first-order valence-electron chi connectivity index (χ1n) is 4.29. The van der Waals surface area contributed by atoms with Gasteiger partial charge < -0.3 is 0 Å². The Hall–Kier alpha value is -0.540. The minimum atomic E-state index is -6.64. The molecule has 104 valence electrons. The summed E-state index contributed by atoms with van der Waals surface area (Å²) >= 11 is 0. The van der Waals surface area contributed by atoms with Crippen LogP contribution in [-0.4, -0.2) is 31.0 Å². The summed E-state index contributed by atoms with van der Waals surface area (Å²) in [6.07, 6.45) is -7.15. The van der Waals surface area contributed by atoms with Crippen molar-refractivity contribution in [2.24, 2.45) is 0 Å². The Morgan fingerprint density at radius 3 is 1.59 bits per heavy atom. The highest BCUT2D eigenvalue weighted by atomic mass is 32.2. The molecule has 0 rings (SSSR count). The predicted molar refractivity (Wildman–Crippen MR) is 44.6 cm³/mol. The highest BCUT2D eigenvalue weighted by molar-refractivity contribution is 7.93. The van der Waals surface area contributed by atoms with Crippen molar-refractivity contribution in [3.63, 3.8) is 0 Å². The Bertz CT molecular complexity index is 370. The zero-order valence-electron chi connectivity index (χ0n) is 8.65. The molecule has 0 aromatic rings. The highest BCUT2D eigenvalue weighted by Gasteiger charge is 2.78. The molecule has 0 N–H and O–H groups in total. The lowest BCUT2D eigenvalue weighted by atomic mass is 10.3. The second kappa shape index (κ2) is 4.29. The number of alkyl halides is 7. The van der Waals surface area contributed by atoms with Gasteiger partial charge in [0.2, 0.25) is 9.84 Å². The zero-order chi connectivity index (χ0) is 14.3. The average Bonchev–Trinajstić information content (AvgIpc) is 2.13. The monoisotopic (exact) mass is 290 g/mol. The fraction of sp³-hybridized carbons (Fsp3) is 1.00. The van der Waals surface area contributed by atoms with Gasteiger partial charge in [-0.2, -0.15) is 30.7 Å². The molecule has 0 aromatic carbocycles. The van der Waals surface area contributed by atoms with Crippen LogP contribution in [0.2, 0.25) is 0 Å². The van der Waals surface area contributed by atoms with Crippen molar-refractivity contribution in [2.75, 3.05) is 0 Å². The van der Waals surface area contributed by atoms with Gasteiger partial charge in [-0.25, -0.2) is 8.42 Å². The first-order chi connectivity index (χ1) is 7.23. The summed E-state index contributed by atoms with van der Waals surface area (Å²) in [6, 6.07) is 0. The lowest BCUT2D eigenvalue weighted by molar-refractivity contribution is -0.332. The number of rotatable bonds is 4. The van der Waals surface area contributed by atoms with E-state index in [2.05, 4.69) is 0 Å². The largest absolute Gasteiger partial charge is 0.461 e. The van der Waals surface area contributed by atoms with Crippen molar-refractivity contribution in [1.29, 1.82) is 0 Å². The van der Waals surface area contributed by atoms with Crippen LogP contribution in [0.4, 0.5) is 30.7 Å². The van der Waals surface area contributed by atoms with Crippen molar-refractivity contribution < 1.29 is 39.2 Å². The third kappa shape index (κ3) is 2.36. The molecule has 0 aliphatic heterocycles. The predicted octanol–water partition coefficient (Wildman–Crippen LogP) is 2.99. The van der Waals surface area contributed by atoms with E-state index in [1.807, 2.05) is 0 Å². The summed E-state index contributed by atoms with van der Waals surface area (Å²) in [6.45, 7) is 1.71. The Balaban J connectivity index is 5.74. The standard InChI is InChI=1S/C7H9F7O2S/c1-3-4(2)17(15,16)7(13,14)5(8,9)6(10,11)12/h4H,3H2,1-2H3. The molecule has 0 spiro atoms. The third-order valence-corrected chi connectivity index (χ3v) is 4.55. The van der Waals surface area contributed by atoms with Crippen LogP contribution in [0.25, 0.3) is 0 Å². The van der Waals surface area contributed by atoms with E-state index in [0.29, 0.717) is 6.92 Å². The van der Waals surface area contributed by atoms with Gasteiger partial charge >= 0.3 is 17.4 Å². The quantitative estimate of drug-likeness (QED) is 0.746. The highest BCUT2D eigenvalue weighted by Crippen LogP contribution is 2.50. The molecule has 1 unspecified atom stereocenters. The van der Waals surface area contributed by atoms with Gasteiger partial charge in [0.1, 0.15) is 0 Å². The van der Waals surface area contributed by atoms with Gasteiger partial charge in [-0.1, -0.05) is 6.92 Å². The molecule has 0 radical (unpaired) electrons. The van der Waals surface area contributed by atoms with Gasteiger partial charge in [-0.3, -0.25) is 0 Å². The van der Waals surface area contributed by atoms with Gasteiger partial charge in [-0.05, 0) is 13.3 Å². The fourth-order valence-electron chi connectivity index (χ4n) is 0.816. The van der Waals surface area contributed by atoms with Crippen LogP contribution in [0.15, 0.2) is 0 Å². The topological polar surface area (TPSA) is 34.1 Å². The van der Waals surface area contributed by atoms with E-state index in [1.165, 1.54) is 0 Å². The minimum Gasteiger partial charge on any atom is -0.222 e. The molecule has 0 saturated carbocycles. The van der Waals surface area contributed by atoms with Gasteiger partial charge in [0.25, 0.3) is 0 Å². The summed E-state index contributed by atoms with van der Waals surface area (Å²) in [4.78, 5) is 0. The molecule has 0 aliphatic carbocycles. The molecule has 0 saturated heterocycles. The van der Waals surface area contributed by atoms with Gasteiger partial charge in [0.15, 0.2) is 0 Å². The Morgan fingerprint density at radius 2 is 1.35 bits per heavy atom. The average molecular weight is 290 g/mol. The van der Waals surface area contributed by atoms with Crippen molar-refractivity contribution in [3.8, 4) is 0 Å². The maximum absolute atomic E-state index is 12.9. The van der Waals surface area contributed by atoms with E-state index in [4.69, 9.17) is 0 Å². The van der Waals surface area contributed by atoms with Crippen molar-refractivity contribution in [1.82, 2.24) is 0 Å². The first kappa shape index (κ1) is 16.5. The number of hydrogen-bond acceptors (Lipinski definition) is 2. The molecule has 1 atom stereocenters. The van der Waals surface area contributed by atoms with Gasteiger partial charge in [0.05, 0.1) is 5.25 Å². The molecule has 0 bridgehead atoms. The van der Waals surface area contributed by atoms with E-state index in [1.54, 1.807) is 0 Å². The fourth-order valence-corrected chi connectivity index (χ4v) is 2.23. The molecule has 2 nitrogen and oxygen atoms in total. The maximum Gasteiger partial charge on any atom is 0.461 e. The Labute approximate surface area is 92.7 Å². The van der Waals surface area contributed by atoms with Gasteiger partial charge in [-0.15, -0.1) is 0 Å².